The van der Waals surface area contributed by atoms with E-state index in [2.05, 4.69) is 5.32 Å². The van der Waals surface area contributed by atoms with Crippen LogP contribution in [-0.4, -0.2) is 98.1 Å². The standard InChI is InChI=1S/C22H25FN6O6S.C2HF3O2/c23-15-3-7-17(8-4-15)36(34,35)27-18(22(32)33)11-26-19(30)12-29-10-9-28(13-20(29)31)16-5-1-14(2-6-16)21(24)25;3-2(4,5)1(6)7/h1-8,18,27H,9-13H2,(H3,24,25)(H,26,30)(H,32,33);(H,6,7)/t18-;/m0./s1. The number of hydrogen-bond acceptors (Lipinski definition) is 8. The minimum absolute atomic E-state index is 0.0158. The molecule has 2 aromatic rings. The van der Waals surface area contributed by atoms with Crippen molar-refractivity contribution in [1.82, 2.24) is 14.9 Å². The Hall–Kier alpha value is -4.78. The van der Waals surface area contributed by atoms with Gasteiger partial charge in [-0.3, -0.25) is 19.8 Å². The number of hydrogen-bond donors (Lipinski definition) is 6. The molecule has 0 saturated carbocycles. The summed E-state index contributed by atoms with van der Waals surface area (Å²) in [5.41, 5.74) is 6.76. The Morgan fingerprint density at radius 1 is 1.02 bits per heavy atom. The number of anilines is 1. The van der Waals surface area contributed by atoms with Gasteiger partial charge in [-0.05, 0) is 48.5 Å². The highest BCUT2D eigenvalue weighted by Gasteiger charge is 2.38. The first-order valence-electron chi connectivity index (χ1n) is 12.0. The number of rotatable bonds is 10. The lowest BCUT2D eigenvalue weighted by molar-refractivity contribution is -0.192. The molecule has 43 heavy (non-hydrogen) atoms. The van der Waals surface area contributed by atoms with E-state index in [0.29, 0.717) is 12.1 Å². The topological polar surface area (TPSA) is 223 Å². The molecule has 1 heterocycles. The van der Waals surface area contributed by atoms with Crippen molar-refractivity contribution in [3.05, 3.63) is 59.9 Å². The first-order valence-corrected chi connectivity index (χ1v) is 13.4. The molecule has 0 bridgehead atoms. The van der Waals surface area contributed by atoms with E-state index in [4.69, 9.17) is 21.0 Å². The highest BCUT2D eigenvalue weighted by molar-refractivity contribution is 7.89. The molecule has 0 radical (unpaired) electrons. The molecule has 3 rings (SSSR count). The normalized spacial score (nSPS) is 14.3. The molecule has 1 aliphatic heterocycles. The fourth-order valence-corrected chi connectivity index (χ4v) is 4.63. The Morgan fingerprint density at radius 2 is 1.58 bits per heavy atom. The van der Waals surface area contributed by atoms with E-state index >= 15 is 0 Å². The Labute approximate surface area is 241 Å². The largest absolute Gasteiger partial charge is 0.490 e. The quantitative estimate of drug-likeness (QED) is 0.116. The van der Waals surface area contributed by atoms with Gasteiger partial charge in [0.1, 0.15) is 17.7 Å². The fourth-order valence-electron chi connectivity index (χ4n) is 3.44. The third-order valence-corrected chi connectivity index (χ3v) is 7.15. The number of alkyl halides is 3. The number of sulfonamides is 1. The van der Waals surface area contributed by atoms with E-state index in [0.717, 1.165) is 30.0 Å². The SMILES string of the molecule is N=C(N)c1ccc(N2CCN(CC(=O)NC[C@H](NS(=O)(=O)c3ccc(F)cc3)C(=O)O)C(=O)C2)cc1.O=C(O)C(F)(F)F. The number of aliphatic carboxylic acids is 2. The van der Waals surface area contributed by atoms with Crippen molar-refractivity contribution in [1.29, 1.82) is 5.41 Å². The van der Waals surface area contributed by atoms with Gasteiger partial charge in [-0.25, -0.2) is 17.6 Å². The Kier molecular flexibility index (Phi) is 11.5. The molecule has 2 amide bonds. The van der Waals surface area contributed by atoms with Crippen LogP contribution in [0.15, 0.2) is 53.4 Å². The van der Waals surface area contributed by atoms with Crippen LogP contribution in [0, 0.1) is 11.2 Å². The molecule has 2 aromatic carbocycles. The van der Waals surface area contributed by atoms with Gasteiger partial charge in [-0.1, -0.05) is 0 Å². The Bertz CT molecular complexity index is 1450. The van der Waals surface area contributed by atoms with Gasteiger partial charge in [0.25, 0.3) is 0 Å². The number of nitrogens with zero attached hydrogens (tertiary/aromatic N) is 2. The number of amidine groups is 1. The smallest absolute Gasteiger partial charge is 0.480 e. The van der Waals surface area contributed by atoms with Crippen LogP contribution in [0.1, 0.15) is 5.56 Å². The molecule has 19 heteroatoms. The van der Waals surface area contributed by atoms with E-state index < -0.39 is 52.4 Å². The molecule has 234 valence electrons. The summed E-state index contributed by atoms with van der Waals surface area (Å²) in [5.74, 6) is -5.98. The van der Waals surface area contributed by atoms with Gasteiger partial charge in [-0.2, -0.15) is 17.9 Å². The maximum atomic E-state index is 13.0. The van der Waals surface area contributed by atoms with E-state index in [9.17, 15) is 45.5 Å². The van der Waals surface area contributed by atoms with Gasteiger partial charge >= 0.3 is 18.1 Å². The predicted octanol–water partition coefficient (Wildman–Crippen LogP) is -0.0604. The number of halogens is 4. The number of nitrogens with one attached hydrogen (secondary N) is 3. The minimum atomic E-state index is -5.08. The number of carbonyl (C=O) groups excluding carboxylic acids is 2. The van der Waals surface area contributed by atoms with Crippen LogP contribution in [0.5, 0.6) is 0 Å². The third kappa shape index (κ3) is 10.5. The van der Waals surface area contributed by atoms with Crippen molar-refractivity contribution in [2.45, 2.75) is 17.1 Å². The lowest BCUT2D eigenvalue weighted by atomic mass is 10.1. The second-order valence-corrected chi connectivity index (χ2v) is 10.5. The van der Waals surface area contributed by atoms with Gasteiger partial charge < -0.3 is 31.1 Å². The van der Waals surface area contributed by atoms with Gasteiger partial charge in [0.05, 0.1) is 18.0 Å². The van der Waals surface area contributed by atoms with Crippen LogP contribution in [0.4, 0.5) is 23.2 Å². The molecule has 7 N–H and O–H groups in total. The van der Waals surface area contributed by atoms with E-state index in [1.165, 1.54) is 4.90 Å². The van der Waals surface area contributed by atoms with Crippen LogP contribution in [-0.2, 0) is 29.2 Å². The predicted molar refractivity (Wildman–Crippen MR) is 141 cm³/mol. The van der Waals surface area contributed by atoms with Gasteiger partial charge in [-0.15, -0.1) is 0 Å². The monoisotopic (exact) mass is 634 g/mol. The Morgan fingerprint density at radius 3 is 2.05 bits per heavy atom. The molecule has 0 spiro atoms. The number of nitrogen functional groups attached to an aromatic ring is 1. The molecule has 1 saturated heterocycles. The summed E-state index contributed by atoms with van der Waals surface area (Å²) < 4.78 is 71.5. The van der Waals surface area contributed by atoms with Crippen LogP contribution < -0.4 is 20.7 Å². The fraction of sp³-hybridized carbons (Fsp3) is 0.292. The molecule has 0 aliphatic carbocycles. The number of benzene rings is 2. The first kappa shape index (κ1) is 34.4. The second-order valence-electron chi connectivity index (χ2n) is 8.77. The van der Waals surface area contributed by atoms with Crippen LogP contribution in [0.25, 0.3) is 0 Å². The van der Waals surface area contributed by atoms with Gasteiger partial charge in [0, 0.05) is 30.9 Å². The third-order valence-electron chi connectivity index (χ3n) is 5.66. The molecular formula is C24H26F4N6O8S. The van der Waals surface area contributed by atoms with E-state index in [-0.39, 0.29) is 36.3 Å². The average Bonchev–Trinajstić information content (AvgIpc) is 2.92. The summed E-state index contributed by atoms with van der Waals surface area (Å²) in [7, 11) is -4.28. The van der Waals surface area contributed by atoms with Crippen LogP contribution in [0.3, 0.4) is 0 Å². The van der Waals surface area contributed by atoms with Gasteiger partial charge in [0.2, 0.25) is 21.8 Å². The summed E-state index contributed by atoms with van der Waals surface area (Å²) in [4.78, 5) is 48.1. The summed E-state index contributed by atoms with van der Waals surface area (Å²) in [6, 6.07) is 8.95. The number of nitrogens with two attached hydrogens (primary N) is 1. The molecule has 1 atom stereocenters. The maximum absolute atomic E-state index is 13.0. The minimum Gasteiger partial charge on any atom is -0.480 e. The average molecular weight is 635 g/mol. The zero-order valence-electron chi connectivity index (χ0n) is 22.0. The highest BCUT2D eigenvalue weighted by atomic mass is 32.2. The zero-order chi connectivity index (χ0) is 32.5. The summed E-state index contributed by atoms with van der Waals surface area (Å²) in [6.45, 7) is -0.200. The number of carboxylic acid groups (broad SMARTS) is 2. The maximum Gasteiger partial charge on any atom is 0.490 e. The summed E-state index contributed by atoms with van der Waals surface area (Å²) in [6.07, 6.45) is -5.08. The van der Waals surface area contributed by atoms with Crippen molar-refractivity contribution in [3.8, 4) is 0 Å². The van der Waals surface area contributed by atoms with Crippen LogP contribution >= 0.6 is 0 Å². The highest BCUT2D eigenvalue weighted by Crippen LogP contribution is 2.18. The van der Waals surface area contributed by atoms with E-state index in [1.807, 2.05) is 9.62 Å². The molecule has 0 aromatic heterocycles. The molecule has 0 unspecified atom stereocenters. The molecule has 1 fully saturated rings. The van der Waals surface area contributed by atoms with Crippen molar-refractivity contribution in [3.63, 3.8) is 0 Å². The van der Waals surface area contributed by atoms with Crippen molar-refractivity contribution in [2.75, 3.05) is 37.6 Å². The second kappa shape index (κ2) is 14.4. The first-order chi connectivity index (χ1) is 19.9. The molecular weight excluding hydrogens is 608 g/mol. The number of piperazine rings is 1. The number of amides is 2. The van der Waals surface area contributed by atoms with Crippen LogP contribution in [0.2, 0.25) is 0 Å². The number of carboxylic acids is 2. The molecule has 1 aliphatic rings. The van der Waals surface area contributed by atoms with Gasteiger partial charge in [0.15, 0.2) is 0 Å². The lowest BCUT2D eigenvalue weighted by Crippen LogP contribution is -2.54. The van der Waals surface area contributed by atoms with Crippen molar-refractivity contribution >= 4 is 45.3 Å². The summed E-state index contributed by atoms with van der Waals surface area (Å²) >= 11 is 0. The lowest BCUT2D eigenvalue weighted by Gasteiger charge is -2.35. The summed E-state index contributed by atoms with van der Waals surface area (Å²) in [5, 5.41) is 26.2. The number of carbonyl (C=O) groups is 4. The zero-order valence-corrected chi connectivity index (χ0v) is 22.8. The van der Waals surface area contributed by atoms with E-state index in [1.54, 1.807) is 24.3 Å². The van der Waals surface area contributed by atoms with Crippen molar-refractivity contribution in [2.24, 2.45) is 5.73 Å². The molecule has 14 nitrogen and oxygen atoms in total. The Balaban J connectivity index is 0.000000821. The van der Waals surface area contributed by atoms with Crippen molar-refractivity contribution < 1.29 is 55.4 Å².